The molecule has 76 valence electrons. The predicted octanol–water partition coefficient (Wildman–Crippen LogP) is 2.38. The third-order valence-electron chi connectivity index (χ3n) is 2.76. The van der Waals surface area contributed by atoms with E-state index in [1.807, 2.05) is 0 Å². The summed E-state index contributed by atoms with van der Waals surface area (Å²) in [5.41, 5.74) is 0.784. The van der Waals surface area contributed by atoms with Crippen LogP contribution in [0.15, 0.2) is 18.2 Å². The number of likely N-dealkylation sites (N-methyl/N-ethyl adjacent to an activating group) is 1. The Bertz CT molecular complexity index is 312. The van der Waals surface area contributed by atoms with Gasteiger partial charge in [0.15, 0.2) is 0 Å². The van der Waals surface area contributed by atoms with Crippen LogP contribution in [-0.4, -0.2) is 24.5 Å². The van der Waals surface area contributed by atoms with Crippen LogP contribution in [0.4, 0.5) is 8.78 Å². The lowest BCUT2D eigenvalue weighted by Gasteiger charge is -2.38. The molecule has 0 amide bonds. The Balaban J connectivity index is 2.10. The van der Waals surface area contributed by atoms with Crippen molar-refractivity contribution < 1.29 is 8.78 Å². The van der Waals surface area contributed by atoms with Crippen molar-refractivity contribution in [2.45, 2.75) is 12.8 Å². The zero-order valence-corrected chi connectivity index (χ0v) is 8.13. The van der Waals surface area contributed by atoms with E-state index in [4.69, 9.17) is 0 Å². The third-order valence-corrected chi connectivity index (χ3v) is 2.76. The van der Waals surface area contributed by atoms with Gasteiger partial charge in [-0.3, -0.25) is 0 Å². The number of hydrogen-bond acceptors (Lipinski definition) is 1. The van der Waals surface area contributed by atoms with Gasteiger partial charge in [0, 0.05) is 25.1 Å². The number of halogens is 2. The number of likely N-dealkylation sites (tertiary alicyclic amines) is 1. The van der Waals surface area contributed by atoms with Crippen LogP contribution < -0.4 is 0 Å². The third kappa shape index (κ3) is 1.77. The van der Waals surface area contributed by atoms with Gasteiger partial charge in [-0.25, -0.2) is 8.78 Å². The summed E-state index contributed by atoms with van der Waals surface area (Å²) < 4.78 is 25.7. The summed E-state index contributed by atoms with van der Waals surface area (Å²) in [5.74, 6) is -0.648. The molecule has 1 aromatic rings. The second kappa shape index (κ2) is 3.65. The highest BCUT2D eigenvalue weighted by Crippen LogP contribution is 2.27. The molecule has 0 aliphatic carbocycles. The molecule has 0 atom stereocenters. The Morgan fingerprint density at radius 2 is 1.79 bits per heavy atom. The highest BCUT2D eigenvalue weighted by Gasteiger charge is 2.27. The second-order valence-electron chi connectivity index (χ2n) is 3.75. The lowest BCUT2D eigenvalue weighted by molar-refractivity contribution is 0.157. The Morgan fingerprint density at radius 1 is 1.21 bits per heavy atom. The van der Waals surface area contributed by atoms with E-state index < -0.39 is 11.6 Å². The molecule has 1 aliphatic heterocycles. The molecule has 1 saturated heterocycles. The molecule has 14 heavy (non-hydrogen) atoms. The Morgan fingerprint density at radius 3 is 2.29 bits per heavy atom. The zero-order chi connectivity index (χ0) is 10.1. The molecule has 1 nitrogen and oxygen atoms in total. The van der Waals surface area contributed by atoms with Gasteiger partial charge in [0.25, 0.3) is 0 Å². The summed E-state index contributed by atoms with van der Waals surface area (Å²) >= 11 is 0. The van der Waals surface area contributed by atoms with Crippen molar-refractivity contribution in [3.05, 3.63) is 35.4 Å². The summed E-state index contributed by atoms with van der Waals surface area (Å²) in [6, 6.07) is 3.78. The van der Waals surface area contributed by atoms with Gasteiger partial charge in [0.2, 0.25) is 0 Å². The number of benzene rings is 1. The van der Waals surface area contributed by atoms with Crippen LogP contribution in [-0.2, 0) is 0 Å². The molecule has 0 aromatic heterocycles. The number of rotatable bonds is 2. The first kappa shape index (κ1) is 9.59. The van der Waals surface area contributed by atoms with Crippen LogP contribution in [0.5, 0.6) is 0 Å². The van der Waals surface area contributed by atoms with Crippen molar-refractivity contribution >= 4 is 0 Å². The Labute approximate surface area is 82.3 Å². The summed E-state index contributed by atoms with van der Waals surface area (Å²) in [6.07, 6.45) is 0. The topological polar surface area (TPSA) is 3.24 Å². The monoisotopic (exact) mass is 197 g/mol. The van der Waals surface area contributed by atoms with Gasteiger partial charge in [0.05, 0.1) is 0 Å². The van der Waals surface area contributed by atoms with Gasteiger partial charge < -0.3 is 4.90 Å². The molecule has 0 saturated carbocycles. The highest BCUT2D eigenvalue weighted by atomic mass is 19.1. The molecule has 0 N–H and O–H groups in total. The van der Waals surface area contributed by atoms with Crippen molar-refractivity contribution in [3.8, 4) is 0 Å². The lowest BCUT2D eigenvalue weighted by atomic mass is 9.91. The van der Waals surface area contributed by atoms with Crippen molar-refractivity contribution in [1.29, 1.82) is 0 Å². The van der Waals surface area contributed by atoms with Crippen molar-refractivity contribution in [2.75, 3.05) is 19.6 Å². The maximum Gasteiger partial charge on any atom is 0.126 e. The van der Waals surface area contributed by atoms with Crippen molar-refractivity contribution in [1.82, 2.24) is 4.90 Å². The fourth-order valence-corrected chi connectivity index (χ4v) is 1.85. The molecule has 1 fully saturated rings. The first-order valence-electron chi connectivity index (χ1n) is 4.87. The van der Waals surface area contributed by atoms with Crippen LogP contribution >= 0.6 is 0 Å². The summed E-state index contributed by atoms with van der Waals surface area (Å²) in [7, 11) is 0. The van der Waals surface area contributed by atoms with E-state index in [0.29, 0.717) is 5.92 Å². The fraction of sp³-hybridized carbons (Fsp3) is 0.455. The normalized spacial score (nSPS) is 18.2. The van der Waals surface area contributed by atoms with Crippen LogP contribution in [0.2, 0.25) is 0 Å². The molecule has 3 heteroatoms. The van der Waals surface area contributed by atoms with Crippen LogP contribution in [0.3, 0.4) is 0 Å². The minimum atomic E-state index is -0.477. The molecule has 0 spiro atoms. The molecule has 1 aromatic carbocycles. The highest BCUT2D eigenvalue weighted by molar-refractivity contribution is 5.24. The molecule has 0 unspecified atom stereocenters. The fourth-order valence-electron chi connectivity index (χ4n) is 1.85. The van der Waals surface area contributed by atoms with E-state index >= 15 is 0 Å². The van der Waals surface area contributed by atoms with Crippen LogP contribution in [0, 0.1) is 11.6 Å². The Hall–Kier alpha value is -0.960. The van der Waals surface area contributed by atoms with E-state index in [-0.39, 0.29) is 0 Å². The minimum absolute atomic E-state index is 0.306. The molecule has 0 bridgehead atoms. The average Bonchev–Trinajstić information content (AvgIpc) is 2.00. The van der Waals surface area contributed by atoms with E-state index in [0.717, 1.165) is 31.3 Å². The van der Waals surface area contributed by atoms with Gasteiger partial charge in [-0.05, 0) is 24.2 Å². The van der Waals surface area contributed by atoms with Gasteiger partial charge in [-0.1, -0.05) is 6.92 Å². The van der Waals surface area contributed by atoms with E-state index in [9.17, 15) is 8.78 Å². The van der Waals surface area contributed by atoms with Crippen molar-refractivity contribution in [2.24, 2.45) is 0 Å². The quantitative estimate of drug-likeness (QED) is 0.703. The molecule has 1 aliphatic rings. The number of nitrogens with zero attached hydrogens (tertiary/aromatic N) is 1. The predicted molar refractivity (Wildman–Crippen MR) is 51.2 cm³/mol. The second-order valence-corrected chi connectivity index (χ2v) is 3.75. The first-order valence-corrected chi connectivity index (χ1v) is 4.87. The lowest BCUT2D eigenvalue weighted by Crippen LogP contribution is -2.44. The first-order chi connectivity index (χ1) is 6.69. The summed E-state index contributed by atoms with van der Waals surface area (Å²) in [5, 5.41) is 0. The summed E-state index contributed by atoms with van der Waals surface area (Å²) in [4.78, 5) is 2.24. The van der Waals surface area contributed by atoms with E-state index in [2.05, 4.69) is 11.8 Å². The SMILES string of the molecule is CCN1CC(c2cc(F)cc(F)c2)C1. The molecule has 2 rings (SSSR count). The minimum Gasteiger partial charge on any atom is -0.302 e. The van der Waals surface area contributed by atoms with Gasteiger partial charge >= 0.3 is 0 Å². The maximum atomic E-state index is 12.9. The van der Waals surface area contributed by atoms with E-state index in [1.54, 1.807) is 0 Å². The molecular formula is C11H13F2N. The molecule has 0 radical (unpaired) electrons. The Kier molecular flexibility index (Phi) is 2.50. The van der Waals surface area contributed by atoms with Crippen molar-refractivity contribution in [3.63, 3.8) is 0 Å². The largest absolute Gasteiger partial charge is 0.302 e. The molecule has 1 heterocycles. The summed E-state index contributed by atoms with van der Waals surface area (Å²) in [6.45, 7) is 4.93. The van der Waals surface area contributed by atoms with Crippen LogP contribution in [0.25, 0.3) is 0 Å². The van der Waals surface area contributed by atoms with Gasteiger partial charge in [-0.15, -0.1) is 0 Å². The maximum absolute atomic E-state index is 12.9. The standard InChI is InChI=1S/C11H13F2N/c1-2-14-6-9(7-14)8-3-10(12)5-11(13)4-8/h3-5,9H,2,6-7H2,1H3. The van der Waals surface area contributed by atoms with E-state index in [1.165, 1.54) is 12.1 Å². The van der Waals surface area contributed by atoms with Crippen LogP contribution in [0.1, 0.15) is 18.4 Å². The average molecular weight is 197 g/mol. The van der Waals surface area contributed by atoms with Gasteiger partial charge in [0.1, 0.15) is 11.6 Å². The smallest absolute Gasteiger partial charge is 0.126 e. The number of hydrogen-bond donors (Lipinski definition) is 0. The molecular weight excluding hydrogens is 184 g/mol. The van der Waals surface area contributed by atoms with Gasteiger partial charge in [-0.2, -0.15) is 0 Å². The zero-order valence-electron chi connectivity index (χ0n) is 8.13.